The van der Waals surface area contributed by atoms with Gasteiger partial charge in [-0.3, -0.25) is 4.57 Å². The molecule has 1 aromatic heterocycles. The van der Waals surface area contributed by atoms with Gasteiger partial charge < -0.3 is 29.9 Å². The number of aliphatic hydroxyl groups excluding tert-OH is 1. The Balaban J connectivity index is 1.63. The Hall–Kier alpha value is -3.81. The lowest BCUT2D eigenvalue weighted by Crippen LogP contribution is -2.43. The molecule has 33 heavy (non-hydrogen) atoms. The fraction of sp³-hybridized carbons (Fsp3) is 0.350. The van der Waals surface area contributed by atoms with Crippen LogP contribution in [0.4, 0.5) is 5.82 Å². The molecule has 4 N–H and O–H groups in total. The van der Waals surface area contributed by atoms with Crippen molar-refractivity contribution in [3.8, 4) is 0 Å². The van der Waals surface area contributed by atoms with Gasteiger partial charge in [0.05, 0.1) is 17.7 Å². The molecule has 0 spiro atoms. The fourth-order valence-corrected chi connectivity index (χ4v) is 3.42. The number of carbonyl (C=O) groups excluding carboxylic acids is 3. The fourth-order valence-electron chi connectivity index (χ4n) is 3.42. The predicted octanol–water partition coefficient (Wildman–Crippen LogP) is -0.885. The van der Waals surface area contributed by atoms with Crippen molar-refractivity contribution in [3.05, 3.63) is 58.1 Å². The van der Waals surface area contributed by atoms with Crippen LogP contribution in [0.1, 0.15) is 33.9 Å². The Morgan fingerprint density at radius 3 is 2.39 bits per heavy atom. The average Bonchev–Trinajstić information content (AvgIpc) is 3.12. The number of anilines is 1. The highest BCUT2D eigenvalue weighted by atomic mass is 16.7. The van der Waals surface area contributed by atoms with Gasteiger partial charge in [0.2, 0.25) is 0 Å². The molecule has 0 saturated carbocycles. The zero-order chi connectivity index (χ0) is 23.7. The minimum Gasteiger partial charge on any atom is -0.452 e. The molecule has 5 atom stereocenters. The monoisotopic (exact) mass is 460 g/mol. The Bertz CT molecular complexity index is 1150. The van der Waals surface area contributed by atoms with Gasteiger partial charge in [0.15, 0.2) is 24.3 Å². The number of esters is 2. The SMILES string of the molecule is C[C@H](N)C(=O)ONc1ccn([C@@H]2O[C@H](CO)[C@H]3OC(=O)c4ccccc4C(=O)O[C@H]32)c(=O)n1. The van der Waals surface area contributed by atoms with Crippen molar-refractivity contribution in [2.45, 2.75) is 37.5 Å². The van der Waals surface area contributed by atoms with Crippen molar-refractivity contribution in [1.29, 1.82) is 0 Å². The van der Waals surface area contributed by atoms with Gasteiger partial charge in [-0.15, -0.1) is 0 Å². The molecule has 1 fully saturated rings. The molecule has 0 bridgehead atoms. The average molecular weight is 460 g/mol. The lowest BCUT2D eigenvalue weighted by molar-refractivity contribution is -0.141. The lowest BCUT2D eigenvalue weighted by atomic mass is 10.0. The first-order valence-corrected chi connectivity index (χ1v) is 9.89. The number of ether oxygens (including phenoxy) is 3. The summed E-state index contributed by atoms with van der Waals surface area (Å²) in [6.07, 6.45) is -3.50. The first-order chi connectivity index (χ1) is 15.8. The van der Waals surface area contributed by atoms with E-state index in [0.29, 0.717) is 0 Å². The number of fused-ring (bicyclic) bond motifs is 2. The van der Waals surface area contributed by atoms with E-state index in [1.807, 2.05) is 0 Å². The van der Waals surface area contributed by atoms with Crippen molar-refractivity contribution >= 4 is 23.7 Å². The molecular formula is C20H20N4O9. The molecular weight excluding hydrogens is 440 g/mol. The third-order valence-electron chi connectivity index (χ3n) is 5.05. The van der Waals surface area contributed by atoms with E-state index in [0.717, 1.165) is 4.57 Å². The largest absolute Gasteiger partial charge is 0.452 e. The van der Waals surface area contributed by atoms with E-state index >= 15 is 0 Å². The predicted molar refractivity (Wildman–Crippen MR) is 108 cm³/mol. The van der Waals surface area contributed by atoms with E-state index in [1.54, 1.807) is 12.1 Å². The van der Waals surface area contributed by atoms with Crippen molar-refractivity contribution in [1.82, 2.24) is 9.55 Å². The molecule has 1 aromatic carbocycles. The van der Waals surface area contributed by atoms with Crippen LogP contribution in [0.15, 0.2) is 41.3 Å². The summed E-state index contributed by atoms with van der Waals surface area (Å²) in [7, 11) is 0. The maximum absolute atomic E-state index is 12.7. The summed E-state index contributed by atoms with van der Waals surface area (Å²) in [5.41, 5.74) is 6.75. The first-order valence-electron chi connectivity index (χ1n) is 9.89. The smallest absolute Gasteiger partial charge is 0.351 e. The number of aliphatic hydroxyl groups is 1. The van der Waals surface area contributed by atoms with Crippen LogP contribution < -0.4 is 16.9 Å². The summed E-state index contributed by atoms with van der Waals surface area (Å²) in [6.45, 7) is 0.849. The van der Waals surface area contributed by atoms with Crippen LogP contribution in [0.3, 0.4) is 0 Å². The Kier molecular flexibility index (Phi) is 6.09. The Labute approximate surface area is 186 Å². The normalized spacial score (nSPS) is 24.9. The zero-order valence-corrected chi connectivity index (χ0v) is 17.2. The maximum Gasteiger partial charge on any atom is 0.351 e. The first kappa shape index (κ1) is 22.4. The summed E-state index contributed by atoms with van der Waals surface area (Å²) in [6, 6.07) is 6.36. The minimum atomic E-state index is -1.25. The van der Waals surface area contributed by atoms with Crippen LogP contribution in [-0.4, -0.2) is 63.5 Å². The summed E-state index contributed by atoms with van der Waals surface area (Å²) in [4.78, 5) is 57.9. The summed E-state index contributed by atoms with van der Waals surface area (Å²) < 4.78 is 17.7. The Morgan fingerprint density at radius 1 is 1.18 bits per heavy atom. The second-order valence-electron chi connectivity index (χ2n) is 7.35. The van der Waals surface area contributed by atoms with Crippen LogP contribution in [-0.2, 0) is 23.8 Å². The van der Waals surface area contributed by atoms with Gasteiger partial charge in [0, 0.05) is 12.3 Å². The molecule has 0 radical (unpaired) electrons. The number of hydrogen-bond acceptors (Lipinski definition) is 12. The standard InChI is InChI=1S/C20H20N4O9/c1-9(21)17(26)33-23-13-6-7-24(20(29)22-13)16-15-14(12(8-25)30-16)31-18(27)10-4-2-3-5-11(10)19(28)32-15/h2-7,9,12,14-16,25H,8,21H2,1H3,(H,22,23,29)/t9-,12+,14+,15+,16+/m0/s1. The lowest BCUT2D eigenvalue weighted by Gasteiger charge is -2.27. The number of hydrogen-bond donors (Lipinski definition) is 3. The third kappa shape index (κ3) is 4.28. The van der Waals surface area contributed by atoms with Gasteiger partial charge in [-0.25, -0.2) is 24.7 Å². The molecule has 2 aromatic rings. The van der Waals surface area contributed by atoms with Gasteiger partial charge in [0.1, 0.15) is 12.1 Å². The van der Waals surface area contributed by atoms with Crippen LogP contribution in [0.5, 0.6) is 0 Å². The van der Waals surface area contributed by atoms with Gasteiger partial charge in [-0.1, -0.05) is 12.1 Å². The molecule has 2 aliphatic heterocycles. The molecule has 4 rings (SSSR count). The number of nitrogens with two attached hydrogens (primary N) is 1. The number of rotatable bonds is 5. The maximum atomic E-state index is 12.7. The summed E-state index contributed by atoms with van der Waals surface area (Å²) >= 11 is 0. The second-order valence-corrected chi connectivity index (χ2v) is 7.35. The molecule has 0 amide bonds. The van der Waals surface area contributed by atoms with Gasteiger partial charge in [0.25, 0.3) is 0 Å². The molecule has 174 valence electrons. The topological polar surface area (TPSA) is 181 Å². The van der Waals surface area contributed by atoms with E-state index in [-0.39, 0.29) is 16.9 Å². The number of benzene rings is 1. The van der Waals surface area contributed by atoms with E-state index in [9.17, 15) is 24.3 Å². The number of aromatic nitrogens is 2. The van der Waals surface area contributed by atoms with Gasteiger partial charge in [-0.2, -0.15) is 4.98 Å². The van der Waals surface area contributed by atoms with Crippen LogP contribution >= 0.6 is 0 Å². The zero-order valence-electron chi connectivity index (χ0n) is 17.2. The summed E-state index contributed by atoms with van der Waals surface area (Å²) in [5, 5.41) is 9.73. The number of nitrogens with one attached hydrogen (secondary N) is 1. The molecule has 0 aliphatic carbocycles. The molecule has 3 heterocycles. The molecule has 13 nitrogen and oxygen atoms in total. The van der Waals surface area contributed by atoms with Crippen molar-refractivity contribution in [2.24, 2.45) is 5.73 Å². The van der Waals surface area contributed by atoms with Crippen molar-refractivity contribution in [2.75, 3.05) is 12.1 Å². The number of nitrogens with zero attached hydrogens (tertiary/aromatic N) is 2. The highest BCUT2D eigenvalue weighted by Gasteiger charge is 2.52. The molecule has 13 heteroatoms. The molecule has 1 saturated heterocycles. The van der Waals surface area contributed by atoms with Crippen LogP contribution in [0.25, 0.3) is 0 Å². The van der Waals surface area contributed by atoms with E-state index < -0.39 is 60.8 Å². The molecule has 0 unspecified atom stereocenters. The van der Waals surface area contributed by atoms with E-state index in [4.69, 9.17) is 24.8 Å². The summed E-state index contributed by atoms with van der Waals surface area (Å²) in [5.74, 6) is -2.46. The van der Waals surface area contributed by atoms with Gasteiger partial charge >= 0.3 is 23.6 Å². The van der Waals surface area contributed by atoms with Gasteiger partial charge in [-0.05, 0) is 19.1 Å². The van der Waals surface area contributed by atoms with Crippen LogP contribution in [0, 0.1) is 0 Å². The van der Waals surface area contributed by atoms with E-state index in [2.05, 4.69) is 10.5 Å². The van der Waals surface area contributed by atoms with Crippen molar-refractivity contribution < 1.29 is 38.5 Å². The van der Waals surface area contributed by atoms with E-state index in [1.165, 1.54) is 31.3 Å². The molecule has 2 aliphatic rings. The number of carbonyl (C=O) groups is 3. The quantitative estimate of drug-likeness (QED) is 0.285. The Morgan fingerprint density at radius 2 is 1.82 bits per heavy atom. The highest BCUT2D eigenvalue weighted by Crippen LogP contribution is 2.35. The highest BCUT2D eigenvalue weighted by molar-refractivity contribution is 6.03. The van der Waals surface area contributed by atoms with Crippen LogP contribution in [0.2, 0.25) is 0 Å². The van der Waals surface area contributed by atoms with Crippen molar-refractivity contribution in [3.63, 3.8) is 0 Å². The third-order valence-corrected chi connectivity index (χ3v) is 5.05. The second kappa shape index (κ2) is 8.97. The minimum absolute atomic E-state index is 0.00637.